The van der Waals surface area contributed by atoms with Crippen LogP contribution in [0, 0.1) is 0 Å². The molecule has 0 amide bonds. The van der Waals surface area contributed by atoms with E-state index in [4.69, 9.17) is 18.6 Å². The molecule has 0 N–H and O–H groups in total. The maximum atomic E-state index is 6.07. The molecular formula is C12H22B2O4. The van der Waals surface area contributed by atoms with E-state index in [9.17, 15) is 0 Å². The minimum Gasteiger partial charge on any atom is -0.405 e. The van der Waals surface area contributed by atoms with Crippen molar-refractivity contribution in [1.82, 2.24) is 0 Å². The highest BCUT2D eigenvalue weighted by molar-refractivity contribution is 7.11. The smallest absolute Gasteiger partial charge is 0.405 e. The lowest BCUT2D eigenvalue weighted by molar-refractivity contribution is 0.00578. The van der Waals surface area contributed by atoms with Gasteiger partial charge < -0.3 is 18.6 Å². The molecule has 0 atom stereocenters. The van der Waals surface area contributed by atoms with E-state index in [0.29, 0.717) is 0 Å². The second kappa shape index (κ2) is 3.35. The van der Waals surface area contributed by atoms with E-state index in [1.807, 2.05) is 27.7 Å². The van der Waals surface area contributed by atoms with Crippen molar-refractivity contribution in [1.29, 1.82) is 0 Å². The summed E-state index contributed by atoms with van der Waals surface area (Å²) in [7, 11) is -0.849. The zero-order valence-corrected chi connectivity index (χ0v) is 12.2. The van der Waals surface area contributed by atoms with Crippen LogP contribution in [0.5, 0.6) is 0 Å². The second-order valence-corrected chi connectivity index (χ2v) is 7.23. The molecule has 0 bridgehead atoms. The molecule has 1 aliphatic carbocycles. The van der Waals surface area contributed by atoms with Crippen molar-refractivity contribution >= 4 is 14.0 Å². The van der Waals surface area contributed by atoms with Crippen molar-refractivity contribution in [3.63, 3.8) is 0 Å². The van der Waals surface area contributed by atoms with Gasteiger partial charge in [0.2, 0.25) is 0 Å². The molecular weight excluding hydrogens is 230 g/mol. The summed E-state index contributed by atoms with van der Waals surface area (Å²) in [4.78, 5) is 0. The van der Waals surface area contributed by atoms with E-state index in [0.717, 1.165) is 12.8 Å². The largest absolute Gasteiger partial charge is 0.489 e. The van der Waals surface area contributed by atoms with Crippen LogP contribution in [0.15, 0.2) is 0 Å². The summed E-state index contributed by atoms with van der Waals surface area (Å²) in [5, 5.41) is 0. The fourth-order valence-corrected chi connectivity index (χ4v) is 2.73. The molecule has 0 aromatic rings. The van der Waals surface area contributed by atoms with E-state index in [1.54, 1.807) is 0 Å². The van der Waals surface area contributed by atoms with Gasteiger partial charge in [-0.3, -0.25) is 0 Å². The second-order valence-electron chi connectivity index (χ2n) is 7.23. The predicted octanol–water partition coefficient (Wildman–Crippen LogP) is 2.00. The minimum atomic E-state index is -0.436. The van der Waals surface area contributed by atoms with Gasteiger partial charge in [0, 0.05) is 0 Å². The van der Waals surface area contributed by atoms with E-state index in [1.165, 1.54) is 0 Å². The Kier molecular flexibility index (Phi) is 2.41. The summed E-state index contributed by atoms with van der Waals surface area (Å²) in [5.41, 5.74) is -1.04. The normalized spacial score (nSPS) is 34.3. The molecule has 3 fully saturated rings. The zero-order valence-electron chi connectivity index (χ0n) is 12.2. The number of rotatable bonds is 1. The molecule has 3 aliphatic rings. The van der Waals surface area contributed by atoms with Crippen LogP contribution in [0.3, 0.4) is 0 Å². The maximum absolute atomic E-state index is 6.07. The monoisotopic (exact) mass is 252 g/mol. The fraction of sp³-hybridized carbons (Fsp3) is 1.00. The third kappa shape index (κ3) is 1.62. The van der Waals surface area contributed by atoms with Crippen LogP contribution in [0.1, 0.15) is 54.4 Å². The van der Waals surface area contributed by atoms with E-state index in [-0.39, 0.29) is 22.4 Å². The molecule has 18 heavy (non-hydrogen) atoms. The Morgan fingerprint density at radius 3 is 1.39 bits per heavy atom. The van der Waals surface area contributed by atoms with Gasteiger partial charge in [0.15, 0.2) is 0 Å². The minimum absolute atomic E-state index is 0.110. The number of hydrogen-bond acceptors (Lipinski definition) is 4. The van der Waals surface area contributed by atoms with Crippen molar-refractivity contribution in [3.05, 3.63) is 0 Å². The van der Waals surface area contributed by atoms with E-state index in [2.05, 4.69) is 13.8 Å². The first-order valence-corrected chi connectivity index (χ1v) is 6.80. The molecule has 2 saturated heterocycles. The molecule has 2 aliphatic heterocycles. The van der Waals surface area contributed by atoms with Gasteiger partial charge in [-0.1, -0.05) is 0 Å². The Morgan fingerprint density at radius 2 is 1.00 bits per heavy atom. The number of hydrogen-bond donors (Lipinski definition) is 0. The average molecular weight is 252 g/mol. The van der Waals surface area contributed by atoms with Gasteiger partial charge in [-0.25, -0.2) is 0 Å². The Morgan fingerprint density at radius 1 is 0.611 bits per heavy atom. The van der Waals surface area contributed by atoms with Gasteiger partial charge >= 0.3 is 14.0 Å². The van der Waals surface area contributed by atoms with Gasteiger partial charge in [-0.2, -0.15) is 0 Å². The molecule has 0 radical (unpaired) electrons. The van der Waals surface area contributed by atoms with E-state index < -0.39 is 14.0 Å². The summed E-state index contributed by atoms with van der Waals surface area (Å²) in [6, 6.07) is 0. The summed E-state index contributed by atoms with van der Waals surface area (Å²) in [6.07, 6.45) is 2.13. The van der Waals surface area contributed by atoms with Crippen LogP contribution < -0.4 is 0 Å². The lowest BCUT2D eigenvalue weighted by atomic mass is 9.49. The molecule has 100 valence electrons. The van der Waals surface area contributed by atoms with Gasteiger partial charge in [0.05, 0.1) is 22.4 Å². The molecule has 4 nitrogen and oxygen atoms in total. The maximum Gasteiger partial charge on any atom is 0.489 e. The fourth-order valence-electron chi connectivity index (χ4n) is 2.73. The first-order valence-electron chi connectivity index (χ1n) is 6.80. The Labute approximate surface area is 110 Å². The standard InChI is InChI=1S/C12H22B2O4/c1-9(2)10(3,4)16-13(15-9)14-17-11(5,6)12(18-14)7-8-12/h7-8H2,1-6H3. The first kappa shape index (κ1) is 13.0. The van der Waals surface area contributed by atoms with Crippen LogP contribution in [-0.2, 0) is 18.6 Å². The Bertz CT molecular complexity index is 326. The summed E-state index contributed by atoms with van der Waals surface area (Å²) < 4.78 is 24.1. The first-order chi connectivity index (χ1) is 8.09. The van der Waals surface area contributed by atoms with Crippen molar-refractivity contribution in [2.75, 3.05) is 0 Å². The molecule has 6 heteroatoms. The summed E-state index contributed by atoms with van der Waals surface area (Å²) in [5.74, 6) is 0. The van der Waals surface area contributed by atoms with Crippen LogP contribution in [0.25, 0.3) is 0 Å². The van der Waals surface area contributed by atoms with Gasteiger partial charge in [0.1, 0.15) is 0 Å². The molecule has 1 saturated carbocycles. The van der Waals surface area contributed by atoms with Gasteiger partial charge in [-0.05, 0) is 54.4 Å². The lowest BCUT2D eigenvalue weighted by Crippen LogP contribution is -2.41. The van der Waals surface area contributed by atoms with E-state index >= 15 is 0 Å². The van der Waals surface area contributed by atoms with Crippen LogP contribution in [0.4, 0.5) is 0 Å². The third-order valence-electron chi connectivity index (χ3n) is 5.05. The molecule has 2 heterocycles. The van der Waals surface area contributed by atoms with Crippen molar-refractivity contribution in [2.45, 2.75) is 76.8 Å². The molecule has 0 aromatic heterocycles. The van der Waals surface area contributed by atoms with Crippen LogP contribution in [0.2, 0.25) is 0 Å². The van der Waals surface area contributed by atoms with Gasteiger partial charge in [0.25, 0.3) is 0 Å². The highest BCUT2D eigenvalue weighted by Gasteiger charge is 2.69. The summed E-state index contributed by atoms with van der Waals surface area (Å²) in [6.45, 7) is 12.3. The zero-order chi connectivity index (χ0) is 13.4. The quantitative estimate of drug-likeness (QED) is 0.669. The van der Waals surface area contributed by atoms with Gasteiger partial charge in [-0.15, -0.1) is 0 Å². The molecule has 0 unspecified atom stereocenters. The van der Waals surface area contributed by atoms with Crippen molar-refractivity contribution in [2.24, 2.45) is 0 Å². The molecule has 1 spiro atoms. The highest BCUT2D eigenvalue weighted by atomic mass is 16.7. The Balaban J connectivity index is 1.76. The van der Waals surface area contributed by atoms with Crippen molar-refractivity contribution in [3.8, 4) is 0 Å². The van der Waals surface area contributed by atoms with Crippen LogP contribution >= 0.6 is 0 Å². The third-order valence-corrected chi connectivity index (χ3v) is 5.05. The lowest BCUT2D eigenvalue weighted by Gasteiger charge is -2.32. The predicted molar refractivity (Wildman–Crippen MR) is 70.1 cm³/mol. The van der Waals surface area contributed by atoms with Crippen LogP contribution in [-0.4, -0.2) is 36.4 Å². The van der Waals surface area contributed by atoms with Crippen molar-refractivity contribution < 1.29 is 18.6 Å². The molecule has 3 rings (SSSR count). The highest BCUT2D eigenvalue weighted by Crippen LogP contribution is 2.55. The average Bonchev–Trinajstić information content (AvgIpc) is 2.85. The SMILES string of the molecule is CC1(C)OB(B2OC(C)(C)C3(CC3)O2)OC1(C)C. The molecule has 0 aromatic carbocycles. The Hall–Kier alpha value is -0.0301. The topological polar surface area (TPSA) is 36.9 Å². The summed E-state index contributed by atoms with van der Waals surface area (Å²) >= 11 is 0.